The summed E-state index contributed by atoms with van der Waals surface area (Å²) in [5, 5.41) is 33.2. The third kappa shape index (κ3) is 2.76. The van der Waals surface area contributed by atoms with Gasteiger partial charge in [-0.1, -0.05) is 59.8 Å². The third-order valence-electron chi connectivity index (χ3n) is 11.1. The van der Waals surface area contributed by atoms with E-state index in [0.717, 1.165) is 12.8 Å². The second-order valence-electron chi connectivity index (χ2n) is 12.9. The normalized spacial score (nSPS) is 53.8. The average molecular weight is 445 g/mol. The highest BCUT2D eigenvalue weighted by atomic mass is 16.6. The van der Waals surface area contributed by atoms with E-state index in [2.05, 4.69) is 53.7 Å². The summed E-state index contributed by atoms with van der Waals surface area (Å²) in [5.41, 5.74) is -0.906. The summed E-state index contributed by atoms with van der Waals surface area (Å²) in [6, 6.07) is 0. The summed E-state index contributed by atoms with van der Waals surface area (Å²) in [7, 11) is 0. The third-order valence-corrected chi connectivity index (χ3v) is 11.1. The van der Waals surface area contributed by atoms with Crippen molar-refractivity contribution in [3.8, 4) is 0 Å². The van der Waals surface area contributed by atoms with E-state index in [1.165, 1.54) is 12.0 Å². The lowest BCUT2D eigenvalue weighted by Gasteiger charge is -2.60. The topological polar surface area (TPSA) is 73.2 Å². The van der Waals surface area contributed by atoms with Crippen molar-refractivity contribution < 1.29 is 20.1 Å². The lowest BCUT2D eigenvalue weighted by atomic mass is 9.45. The van der Waals surface area contributed by atoms with Crippen LogP contribution in [-0.4, -0.2) is 44.8 Å². The van der Waals surface area contributed by atoms with Gasteiger partial charge in [0.05, 0.1) is 12.2 Å². The summed E-state index contributed by atoms with van der Waals surface area (Å²) >= 11 is 0. The molecule has 4 aliphatic carbocycles. The van der Waals surface area contributed by atoms with Crippen molar-refractivity contribution in [2.75, 3.05) is 0 Å². The summed E-state index contributed by atoms with van der Waals surface area (Å²) in [4.78, 5) is 0. The Bertz CT molecular complexity index is 833. The molecule has 1 heterocycles. The van der Waals surface area contributed by atoms with Crippen LogP contribution in [0.4, 0.5) is 0 Å². The molecule has 5 rings (SSSR count). The molecule has 180 valence electrons. The number of fused-ring (bicyclic) bond motifs is 3. The van der Waals surface area contributed by atoms with Crippen molar-refractivity contribution in [2.24, 2.45) is 40.4 Å². The van der Waals surface area contributed by atoms with Gasteiger partial charge in [-0.3, -0.25) is 0 Å². The van der Waals surface area contributed by atoms with E-state index >= 15 is 0 Å². The number of hydrogen-bond acceptors (Lipinski definition) is 4. The summed E-state index contributed by atoms with van der Waals surface area (Å²) < 4.78 is 6.61. The maximum atomic E-state index is 11.7. The van der Waals surface area contributed by atoms with Crippen molar-refractivity contribution >= 4 is 0 Å². The molecule has 4 fully saturated rings. The van der Waals surface area contributed by atoms with E-state index in [1.807, 2.05) is 6.08 Å². The van der Waals surface area contributed by atoms with Gasteiger partial charge in [-0.05, 0) is 72.7 Å². The van der Waals surface area contributed by atoms with E-state index in [-0.39, 0.29) is 17.9 Å². The minimum Gasteiger partial charge on any atom is -0.393 e. The first-order valence-electron chi connectivity index (χ1n) is 13.1. The van der Waals surface area contributed by atoms with Gasteiger partial charge in [0.2, 0.25) is 0 Å². The molecule has 32 heavy (non-hydrogen) atoms. The monoisotopic (exact) mass is 444 g/mol. The zero-order valence-electron chi connectivity index (χ0n) is 20.8. The molecule has 11 atom stereocenters. The number of ether oxygens (including phenoxy) is 1. The molecule has 3 N–H and O–H groups in total. The zero-order chi connectivity index (χ0) is 23.3. The van der Waals surface area contributed by atoms with Crippen LogP contribution in [0.15, 0.2) is 23.8 Å². The molecule has 5 aliphatic rings. The SMILES string of the molecule is CC(C)[C@@H](C)/C=C/[C@@H](C)[C@H]1CC[C@H]2C3=C[C@H](O)[C@@]4(O)C[C@@H](O)CC[C@]4(C)[C@]34O[C@@H]4C[C@]12C. The van der Waals surface area contributed by atoms with Crippen LogP contribution < -0.4 is 0 Å². The average Bonchev–Trinajstić information content (AvgIpc) is 3.34. The van der Waals surface area contributed by atoms with Gasteiger partial charge in [0.15, 0.2) is 0 Å². The summed E-state index contributed by atoms with van der Waals surface area (Å²) in [6.07, 6.45) is 10.4. The first kappa shape index (κ1) is 23.1. The van der Waals surface area contributed by atoms with Crippen LogP contribution in [0.5, 0.6) is 0 Å². The summed E-state index contributed by atoms with van der Waals surface area (Å²) in [5.74, 6) is 2.76. The predicted octanol–water partition coefficient (Wildman–Crippen LogP) is 4.63. The van der Waals surface area contributed by atoms with Gasteiger partial charge in [0.25, 0.3) is 0 Å². The second-order valence-corrected chi connectivity index (χ2v) is 12.9. The van der Waals surface area contributed by atoms with Gasteiger partial charge in [0.1, 0.15) is 17.3 Å². The van der Waals surface area contributed by atoms with E-state index in [9.17, 15) is 15.3 Å². The number of aliphatic hydroxyl groups is 3. The van der Waals surface area contributed by atoms with Crippen LogP contribution in [0.1, 0.15) is 80.1 Å². The van der Waals surface area contributed by atoms with Crippen LogP contribution in [0.25, 0.3) is 0 Å². The molecule has 0 aromatic rings. The van der Waals surface area contributed by atoms with Crippen molar-refractivity contribution in [3.05, 3.63) is 23.8 Å². The molecule has 1 saturated heterocycles. The molecule has 4 heteroatoms. The Morgan fingerprint density at radius 1 is 1.03 bits per heavy atom. The van der Waals surface area contributed by atoms with E-state index in [1.54, 1.807) is 0 Å². The van der Waals surface area contributed by atoms with Crippen LogP contribution >= 0.6 is 0 Å². The first-order chi connectivity index (χ1) is 14.9. The van der Waals surface area contributed by atoms with Gasteiger partial charge in [-0.2, -0.15) is 0 Å². The second kappa shape index (κ2) is 7.16. The number of allylic oxidation sites excluding steroid dienone is 2. The zero-order valence-corrected chi connectivity index (χ0v) is 20.8. The molecule has 0 bridgehead atoms. The molecule has 0 aromatic carbocycles. The Kier molecular flexibility index (Phi) is 5.17. The fourth-order valence-corrected chi connectivity index (χ4v) is 8.59. The van der Waals surface area contributed by atoms with Crippen LogP contribution in [0.2, 0.25) is 0 Å². The van der Waals surface area contributed by atoms with Crippen molar-refractivity contribution in [3.63, 3.8) is 0 Å². The highest BCUT2D eigenvalue weighted by Crippen LogP contribution is 2.76. The fraction of sp³-hybridized carbons (Fsp3) is 0.857. The quantitative estimate of drug-likeness (QED) is 0.437. The maximum Gasteiger partial charge on any atom is 0.124 e. The van der Waals surface area contributed by atoms with Crippen molar-refractivity contribution in [2.45, 2.75) is 110 Å². The minimum absolute atomic E-state index is 0.112. The van der Waals surface area contributed by atoms with Crippen LogP contribution in [0, 0.1) is 40.4 Å². The molecular weight excluding hydrogens is 400 g/mol. The van der Waals surface area contributed by atoms with Crippen molar-refractivity contribution in [1.29, 1.82) is 0 Å². The molecule has 4 nitrogen and oxygen atoms in total. The van der Waals surface area contributed by atoms with Gasteiger partial charge in [-0.25, -0.2) is 0 Å². The minimum atomic E-state index is -1.32. The molecule has 1 spiro atoms. The molecule has 0 aromatic heterocycles. The van der Waals surface area contributed by atoms with E-state index in [4.69, 9.17) is 4.74 Å². The smallest absolute Gasteiger partial charge is 0.124 e. The Morgan fingerprint density at radius 3 is 2.44 bits per heavy atom. The Morgan fingerprint density at radius 2 is 1.75 bits per heavy atom. The lowest BCUT2D eigenvalue weighted by molar-refractivity contribution is -0.210. The fourth-order valence-electron chi connectivity index (χ4n) is 8.59. The molecule has 0 amide bonds. The number of aliphatic hydroxyl groups excluding tert-OH is 2. The molecule has 1 aliphatic heterocycles. The van der Waals surface area contributed by atoms with E-state index < -0.39 is 28.8 Å². The number of hydrogen-bond donors (Lipinski definition) is 3. The molecule has 0 radical (unpaired) electrons. The van der Waals surface area contributed by atoms with Crippen LogP contribution in [-0.2, 0) is 4.74 Å². The van der Waals surface area contributed by atoms with Gasteiger partial charge < -0.3 is 20.1 Å². The maximum absolute atomic E-state index is 11.7. The molecular formula is C28H44O4. The highest BCUT2D eigenvalue weighted by molar-refractivity contribution is 5.47. The Balaban J connectivity index is 1.48. The standard InChI is InChI=1S/C28H44O4/c1-16(2)17(3)7-8-18(4)20-9-10-21-22-13-23(30)27(31)14-19(29)11-12-26(27,6)28(22)24(32-28)15-25(20,21)5/h7-8,13,16-21,23-24,29-31H,9-12,14-15H2,1-6H3/b8-7+/t17-,18+,19-,20+,21-,23-,24+,25+,26-,27-,28-/m0/s1. The summed E-state index contributed by atoms with van der Waals surface area (Å²) in [6.45, 7) is 13.8. The first-order valence-corrected chi connectivity index (χ1v) is 13.1. The van der Waals surface area contributed by atoms with Gasteiger partial charge in [0, 0.05) is 11.8 Å². The predicted molar refractivity (Wildman–Crippen MR) is 126 cm³/mol. The van der Waals surface area contributed by atoms with Crippen molar-refractivity contribution in [1.82, 2.24) is 0 Å². The Labute approximate surface area is 194 Å². The van der Waals surface area contributed by atoms with E-state index in [0.29, 0.717) is 42.4 Å². The highest BCUT2D eigenvalue weighted by Gasteiger charge is 2.82. The largest absolute Gasteiger partial charge is 0.393 e. The molecule has 3 saturated carbocycles. The molecule has 0 unspecified atom stereocenters. The lowest BCUT2D eigenvalue weighted by Crippen LogP contribution is -2.69. The van der Waals surface area contributed by atoms with Crippen LogP contribution in [0.3, 0.4) is 0 Å². The van der Waals surface area contributed by atoms with Gasteiger partial charge in [-0.15, -0.1) is 0 Å². The number of rotatable bonds is 4. The number of epoxide rings is 1. The van der Waals surface area contributed by atoms with Gasteiger partial charge >= 0.3 is 0 Å². The Hall–Kier alpha value is -0.680.